The minimum atomic E-state index is -3.58. The molecule has 31 heavy (non-hydrogen) atoms. The molecule has 0 aromatic heterocycles. The average molecular weight is 476 g/mol. The van der Waals surface area contributed by atoms with E-state index in [1.54, 1.807) is 36.0 Å². The van der Waals surface area contributed by atoms with Gasteiger partial charge in [-0.05, 0) is 54.0 Å². The Hall–Kier alpha value is -2.00. The largest absolute Gasteiger partial charge is 0.372 e. The molecule has 2 aromatic carbocycles. The number of hydrogen-bond donors (Lipinski definition) is 1. The monoisotopic (exact) mass is 475 g/mol. The first kappa shape index (κ1) is 20.9. The van der Waals surface area contributed by atoms with Crippen molar-refractivity contribution in [2.24, 2.45) is 0 Å². The lowest BCUT2D eigenvalue weighted by atomic mass is 10.1. The van der Waals surface area contributed by atoms with E-state index in [2.05, 4.69) is 5.32 Å². The second kappa shape index (κ2) is 7.85. The summed E-state index contributed by atoms with van der Waals surface area (Å²) in [5, 5.41) is 4.20. The highest BCUT2D eigenvalue weighted by Gasteiger charge is 2.38. The molecular formula is C22H22ClN3O3S2. The summed E-state index contributed by atoms with van der Waals surface area (Å²) in [4.78, 5) is 15.8. The van der Waals surface area contributed by atoms with Crippen molar-refractivity contribution in [3.05, 3.63) is 64.2 Å². The predicted molar refractivity (Wildman–Crippen MR) is 123 cm³/mol. The topological polar surface area (TPSA) is 69.7 Å². The summed E-state index contributed by atoms with van der Waals surface area (Å²) >= 11 is 7.54. The van der Waals surface area contributed by atoms with Gasteiger partial charge in [-0.15, -0.1) is 0 Å². The summed E-state index contributed by atoms with van der Waals surface area (Å²) in [7, 11) is -3.58. The molecule has 1 unspecified atom stereocenters. The Morgan fingerprint density at radius 3 is 2.45 bits per heavy atom. The summed E-state index contributed by atoms with van der Waals surface area (Å²) in [6.07, 6.45) is 0.318. The van der Waals surface area contributed by atoms with Crippen molar-refractivity contribution in [3.8, 4) is 0 Å². The van der Waals surface area contributed by atoms with Gasteiger partial charge in [0.2, 0.25) is 15.9 Å². The third kappa shape index (κ3) is 3.98. The number of hydrogen-bond acceptors (Lipinski definition) is 5. The molecule has 1 amide bonds. The van der Waals surface area contributed by atoms with Crippen LogP contribution < -0.4 is 5.32 Å². The van der Waals surface area contributed by atoms with Crippen LogP contribution in [0, 0.1) is 0 Å². The second-order valence-electron chi connectivity index (χ2n) is 8.10. The number of amides is 1. The van der Waals surface area contributed by atoms with Crippen LogP contribution in [0.3, 0.4) is 0 Å². The molecule has 0 saturated carbocycles. The van der Waals surface area contributed by atoms with Gasteiger partial charge in [0, 0.05) is 41.8 Å². The molecular weight excluding hydrogens is 454 g/mol. The fourth-order valence-electron chi connectivity index (χ4n) is 4.25. The van der Waals surface area contributed by atoms with Crippen LogP contribution in [0.2, 0.25) is 5.02 Å². The fourth-order valence-corrected chi connectivity index (χ4v) is 6.92. The molecule has 0 bridgehead atoms. The summed E-state index contributed by atoms with van der Waals surface area (Å²) < 4.78 is 27.9. The highest BCUT2D eigenvalue weighted by Crippen LogP contribution is 2.40. The molecule has 0 saturated heterocycles. The van der Waals surface area contributed by atoms with E-state index in [0.717, 1.165) is 27.3 Å². The Balaban J connectivity index is 1.23. The molecule has 1 atom stereocenters. The predicted octanol–water partition coefficient (Wildman–Crippen LogP) is 3.59. The van der Waals surface area contributed by atoms with Gasteiger partial charge < -0.3 is 10.2 Å². The van der Waals surface area contributed by atoms with Crippen molar-refractivity contribution in [1.29, 1.82) is 0 Å². The Morgan fingerprint density at radius 1 is 1.10 bits per heavy atom. The highest BCUT2D eigenvalue weighted by atomic mass is 35.5. The Bertz CT molecular complexity index is 1180. The average Bonchev–Trinajstić information content (AvgIpc) is 3.41. The number of sulfonamides is 1. The first-order chi connectivity index (χ1) is 14.8. The van der Waals surface area contributed by atoms with Crippen molar-refractivity contribution in [2.45, 2.75) is 28.5 Å². The van der Waals surface area contributed by atoms with E-state index < -0.39 is 10.0 Å². The smallest absolute Gasteiger partial charge is 0.243 e. The van der Waals surface area contributed by atoms with Gasteiger partial charge in [-0.3, -0.25) is 4.79 Å². The van der Waals surface area contributed by atoms with Gasteiger partial charge in [0.05, 0.1) is 16.7 Å². The van der Waals surface area contributed by atoms with Crippen LogP contribution in [0.15, 0.2) is 63.4 Å². The summed E-state index contributed by atoms with van der Waals surface area (Å²) in [5.41, 5.74) is 3.98. The quantitative estimate of drug-likeness (QED) is 0.684. The molecule has 5 rings (SSSR count). The SMILES string of the molecule is CC1Nc2ccc(S(=O)(=O)N3CC4=C(CN(C(=O)Cc5ccc(Cl)cc5)C4)C3)cc2S1. The zero-order valence-electron chi connectivity index (χ0n) is 17.0. The number of carbonyl (C=O) groups is 1. The van der Waals surface area contributed by atoms with Crippen LogP contribution in [0.25, 0.3) is 0 Å². The van der Waals surface area contributed by atoms with Crippen LogP contribution in [0.1, 0.15) is 12.5 Å². The number of carbonyl (C=O) groups excluding carboxylic acids is 1. The van der Waals surface area contributed by atoms with E-state index in [0.29, 0.717) is 42.5 Å². The zero-order valence-corrected chi connectivity index (χ0v) is 19.4. The van der Waals surface area contributed by atoms with E-state index in [4.69, 9.17) is 11.6 Å². The molecule has 162 valence electrons. The van der Waals surface area contributed by atoms with Crippen LogP contribution in [0.5, 0.6) is 0 Å². The van der Waals surface area contributed by atoms with Gasteiger partial charge >= 0.3 is 0 Å². The van der Waals surface area contributed by atoms with Crippen molar-refractivity contribution in [3.63, 3.8) is 0 Å². The molecule has 0 aliphatic carbocycles. The normalized spacial score (nSPS) is 20.7. The van der Waals surface area contributed by atoms with Crippen LogP contribution in [-0.4, -0.2) is 55.1 Å². The van der Waals surface area contributed by atoms with E-state index >= 15 is 0 Å². The summed E-state index contributed by atoms with van der Waals surface area (Å²) in [6.45, 7) is 3.74. The highest BCUT2D eigenvalue weighted by molar-refractivity contribution is 8.00. The first-order valence-electron chi connectivity index (χ1n) is 10.1. The molecule has 3 heterocycles. The third-order valence-electron chi connectivity index (χ3n) is 5.87. The van der Waals surface area contributed by atoms with Crippen molar-refractivity contribution < 1.29 is 13.2 Å². The van der Waals surface area contributed by atoms with Crippen LogP contribution in [-0.2, 0) is 21.2 Å². The molecule has 6 nitrogen and oxygen atoms in total. The molecule has 0 spiro atoms. The van der Waals surface area contributed by atoms with Crippen molar-refractivity contribution in [2.75, 3.05) is 31.5 Å². The molecule has 3 aliphatic rings. The Morgan fingerprint density at radius 2 is 1.77 bits per heavy atom. The summed E-state index contributed by atoms with van der Waals surface area (Å²) in [5.74, 6) is 0.0448. The number of halogens is 1. The maximum absolute atomic E-state index is 13.2. The number of thioether (sulfide) groups is 1. The molecule has 2 aromatic rings. The minimum absolute atomic E-state index is 0.0448. The first-order valence-corrected chi connectivity index (χ1v) is 12.8. The Kier molecular flexibility index (Phi) is 5.29. The van der Waals surface area contributed by atoms with Gasteiger partial charge in [0.15, 0.2) is 0 Å². The lowest BCUT2D eigenvalue weighted by molar-refractivity contribution is -0.129. The standard InChI is InChI=1S/C22H22ClN3O3S2/c1-14-24-20-7-6-19(9-21(20)30-14)31(28,29)26-12-16-10-25(11-17(16)13-26)22(27)8-15-2-4-18(23)5-3-15/h2-7,9,14,24H,8,10-13H2,1H3. The summed E-state index contributed by atoms with van der Waals surface area (Å²) in [6, 6.07) is 12.6. The number of nitrogens with zero attached hydrogens (tertiary/aromatic N) is 2. The molecule has 9 heteroatoms. The number of rotatable bonds is 4. The molecule has 0 fully saturated rings. The number of nitrogens with one attached hydrogen (secondary N) is 1. The van der Waals surface area contributed by atoms with E-state index in [-0.39, 0.29) is 11.3 Å². The van der Waals surface area contributed by atoms with Crippen molar-refractivity contribution in [1.82, 2.24) is 9.21 Å². The van der Waals surface area contributed by atoms with Gasteiger partial charge in [-0.1, -0.05) is 35.5 Å². The van der Waals surface area contributed by atoms with E-state index in [1.165, 1.54) is 4.31 Å². The fraction of sp³-hybridized carbons (Fsp3) is 0.318. The number of benzene rings is 2. The molecule has 0 radical (unpaired) electrons. The van der Waals surface area contributed by atoms with Crippen LogP contribution in [0.4, 0.5) is 5.69 Å². The lowest BCUT2D eigenvalue weighted by Gasteiger charge is -2.23. The lowest BCUT2D eigenvalue weighted by Crippen LogP contribution is -2.37. The van der Waals surface area contributed by atoms with Gasteiger partial charge in [0.25, 0.3) is 0 Å². The van der Waals surface area contributed by atoms with Crippen molar-refractivity contribution >= 4 is 45.0 Å². The van der Waals surface area contributed by atoms with Gasteiger partial charge in [-0.2, -0.15) is 4.31 Å². The number of anilines is 1. The van der Waals surface area contributed by atoms with E-state index in [9.17, 15) is 13.2 Å². The number of fused-ring (bicyclic) bond motifs is 1. The van der Waals surface area contributed by atoms with Crippen LogP contribution >= 0.6 is 23.4 Å². The molecule has 3 aliphatic heterocycles. The molecule has 1 N–H and O–H groups in total. The maximum Gasteiger partial charge on any atom is 0.243 e. The maximum atomic E-state index is 13.2. The minimum Gasteiger partial charge on any atom is -0.372 e. The zero-order chi connectivity index (χ0) is 21.8. The second-order valence-corrected chi connectivity index (χ2v) is 11.9. The van der Waals surface area contributed by atoms with E-state index in [1.807, 2.05) is 30.0 Å². The van der Waals surface area contributed by atoms with Gasteiger partial charge in [-0.25, -0.2) is 8.42 Å². The Labute approximate surface area is 191 Å². The third-order valence-corrected chi connectivity index (χ3v) is 8.98. The van der Waals surface area contributed by atoms with Gasteiger partial charge in [0.1, 0.15) is 0 Å².